The largest absolute Gasteiger partial charge is 0.420 e. The van der Waals surface area contributed by atoms with E-state index in [4.69, 9.17) is 0 Å². The molecule has 0 saturated heterocycles. The quantitative estimate of drug-likeness (QED) is 0.484. The van der Waals surface area contributed by atoms with Crippen LogP contribution in [-0.4, -0.2) is 46.7 Å². The second-order valence-electron chi connectivity index (χ2n) is 8.52. The molecule has 35 heavy (non-hydrogen) atoms. The van der Waals surface area contributed by atoms with Crippen LogP contribution in [0.5, 0.6) is 0 Å². The zero-order chi connectivity index (χ0) is 24.7. The summed E-state index contributed by atoms with van der Waals surface area (Å²) in [6.45, 7) is 4.31. The Morgan fingerprint density at radius 3 is 2.83 bits per heavy atom. The zero-order valence-electron chi connectivity index (χ0n) is 19.3. The van der Waals surface area contributed by atoms with Gasteiger partial charge >= 0.3 is 6.18 Å². The van der Waals surface area contributed by atoms with Crippen molar-refractivity contribution < 1.29 is 18.0 Å². The number of alkyl halides is 3. The van der Waals surface area contributed by atoms with Crippen LogP contribution in [0.1, 0.15) is 38.8 Å². The lowest BCUT2D eigenvalue weighted by atomic mass is 9.96. The van der Waals surface area contributed by atoms with E-state index in [1.165, 1.54) is 22.9 Å². The first-order valence-electron chi connectivity index (χ1n) is 11.3. The van der Waals surface area contributed by atoms with Crippen LogP contribution >= 0.6 is 23.1 Å². The van der Waals surface area contributed by atoms with Crippen molar-refractivity contribution in [1.29, 1.82) is 0 Å². The van der Waals surface area contributed by atoms with Crippen molar-refractivity contribution in [3.8, 4) is 10.6 Å². The Kier molecular flexibility index (Phi) is 6.49. The molecule has 0 bridgehead atoms. The van der Waals surface area contributed by atoms with E-state index in [1.54, 1.807) is 18.0 Å². The van der Waals surface area contributed by atoms with Crippen LogP contribution in [0.4, 0.5) is 24.8 Å². The van der Waals surface area contributed by atoms with Gasteiger partial charge in [0.2, 0.25) is 5.95 Å². The highest BCUT2D eigenvalue weighted by molar-refractivity contribution is 7.99. The van der Waals surface area contributed by atoms with Crippen LogP contribution in [0.15, 0.2) is 29.3 Å². The number of hydrogen-bond donors (Lipinski definition) is 2. The van der Waals surface area contributed by atoms with Crippen molar-refractivity contribution >= 4 is 40.6 Å². The number of thioether (sulfide) groups is 1. The number of amides is 1. The lowest BCUT2D eigenvalue weighted by Crippen LogP contribution is -2.26. The number of thiophene rings is 1. The molecule has 2 N–H and O–H groups in total. The van der Waals surface area contributed by atoms with Gasteiger partial charge in [0.05, 0.1) is 10.6 Å². The average molecular weight is 520 g/mol. The van der Waals surface area contributed by atoms with E-state index in [0.29, 0.717) is 26.9 Å². The number of hydrogen-bond acceptors (Lipinski definition) is 7. The van der Waals surface area contributed by atoms with E-state index in [9.17, 15) is 18.0 Å². The fourth-order valence-corrected chi connectivity index (χ4v) is 6.70. The number of nitrogens with one attached hydrogen (secondary N) is 2. The zero-order valence-corrected chi connectivity index (χ0v) is 20.9. The van der Waals surface area contributed by atoms with Gasteiger partial charge in [-0.3, -0.25) is 4.79 Å². The maximum absolute atomic E-state index is 13.9. The molecule has 2 aliphatic rings. The van der Waals surface area contributed by atoms with E-state index in [-0.39, 0.29) is 17.5 Å². The predicted octanol–water partition coefficient (Wildman–Crippen LogP) is 5.35. The number of aryl methyl sites for hydroxylation is 1. The van der Waals surface area contributed by atoms with Crippen LogP contribution in [0.2, 0.25) is 0 Å². The number of rotatable bonds is 4. The third-order valence-corrected chi connectivity index (χ3v) is 8.47. The third-order valence-electron chi connectivity index (χ3n) is 6.19. The van der Waals surface area contributed by atoms with Gasteiger partial charge in [-0.25, -0.2) is 9.97 Å². The van der Waals surface area contributed by atoms with Crippen molar-refractivity contribution in [3.05, 3.63) is 51.5 Å². The summed E-state index contributed by atoms with van der Waals surface area (Å²) in [5.41, 5.74) is 3.15. The van der Waals surface area contributed by atoms with Crippen molar-refractivity contribution in [1.82, 2.24) is 20.2 Å². The molecule has 4 heterocycles. The maximum atomic E-state index is 13.9. The van der Waals surface area contributed by atoms with E-state index in [2.05, 4.69) is 26.7 Å². The fraction of sp³-hybridized carbons (Fsp3) is 0.375. The smallest absolute Gasteiger partial charge is 0.340 e. The maximum Gasteiger partial charge on any atom is 0.420 e. The molecule has 1 aromatic carbocycles. The number of carbonyl (C=O) groups is 1. The Hall–Kier alpha value is -2.63. The second-order valence-corrected chi connectivity index (χ2v) is 10.7. The summed E-state index contributed by atoms with van der Waals surface area (Å²) in [6, 6.07) is 5.82. The Bertz CT molecular complexity index is 1290. The van der Waals surface area contributed by atoms with Crippen molar-refractivity contribution in [2.45, 2.75) is 37.4 Å². The Balaban J connectivity index is 1.56. The number of aromatic nitrogens is 2. The number of fused-ring (bicyclic) bond motifs is 2. The summed E-state index contributed by atoms with van der Waals surface area (Å²) in [6.07, 6.45) is -2.16. The average Bonchev–Trinajstić information content (AvgIpc) is 3.21. The van der Waals surface area contributed by atoms with E-state index in [0.717, 1.165) is 54.7 Å². The summed E-state index contributed by atoms with van der Waals surface area (Å²) in [4.78, 5) is 24.1. The molecular weight excluding hydrogens is 495 g/mol. The Morgan fingerprint density at radius 1 is 1.23 bits per heavy atom. The molecule has 11 heteroatoms. The third kappa shape index (κ3) is 4.76. The summed E-state index contributed by atoms with van der Waals surface area (Å²) >= 11 is 2.52. The lowest BCUT2D eigenvalue weighted by molar-refractivity contribution is -0.137. The highest BCUT2D eigenvalue weighted by Gasteiger charge is 2.37. The highest BCUT2D eigenvalue weighted by Crippen LogP contribution is 2.43. The number of carbonyl (C=O) groups excluding carboxylic acids is 1. The topological polar surface area (TPSA) is 70.2 Å². The van der Waals surface area contributed by atoms with Crippen LogP contribution in [0, 0.1) is 0 Å². The number of anilines is 2. The summed E-state index contributed by atoms with van der Waals surface area (Å²) in [7, 11) is 1.70. The Morgan fingerprint density at radius 2 is 2.06 bits per heavy atom. The van der Waals surface area contributed by atoms with E-state index < -0.39 is 11.7 Å². The molecule has 1 amide bonds. The highest BCUT2D eigenvalue weighted by atomic mass is 32.2. The van der Waals surface area contributed by atoms with Gasteiger partial charge < -0.3 is 15.5 Å². The molecule has 184 valence electrons. The Labute approximate surface area is 209 Å². The monoisotopic (exact) mass is 519 g/mol. The molecule has 0 saturated carbocycles. The standard InChI is InChI=1S/C24H24F3N5OS2/c1-3-13-8-15-11-28-5-4-14(15)9-17(13)30-23-29-12-16(24(25,26)27)20(31-23)18-10-19-21(35-18)22(33)32(2)6-7-34-19/h8-10,12,28H,3-7,11H2,1-2H3,(H,29,30,31). The minimum absolute atomic E-state index is 0.0938. The van der Waals surface area contributed by atoms with Crippen molar-refractivity contribution in [3.63, 3.8) is 0 Å². The van der Waals surface area contributed by atoms with E-state index in [1.807, 2.05) is 13.0 Å². The van der Waals surface area contributed by atoms with Crippen molar-refractivity contribution in [2.24, 2.45) is 0 Å². The van der Waals surface area contributed by atoms with Gasteiger partial charge in [-0.05, 0) is 48.2 Å². The summed E-state index contributed by atoms with van der Waals surface area (Å²) in [5.74, 6) is 0.594. The molecule has 2 aliphatic heterocycles. The number of benzene rings is 1. The molecule has 0 spiro atoms. The molecule has 2 aromatic heterocycles. The van der Waals surface area contributed by atoms with Gasteiger partial charge in [-0.2, -0.15) is 13.2 Å². The molecular formula is C24H24F3N5OS2. The molecule has 3 aromatic rings. The molecule has 0 fully saturated rings. The molecule has 5 rings (SSSR count). The molecule has 0 unspecified atom stereocenters. The second kappa shape index (κ2) is 9.44. The molecule has 0 radical (unpaired) electrons. The van der Waals surface area contributed by atoms with Gasteiger partial charge in [0.25, 0.3) is 5.91 Å². The van der Waals surface area contributed by atoms with Gasteiger partial charge in [0, 0.05) is 42.7 Å². The van der Waals surface area contributed by atoms with Gasteiger partial charge in [0.1, 0.15) is 10.4 Å². The summed E-state index contributed by atoms with van der Waals surface area (Å²) in [5, 5.41) is 6.52. The van der Waals surface area contributed by atoms with Crippen LogP contribution in [0.25, 0.3) is 10.6 Å². The summed E-state index contributed by atoms with van der Waals surface area (Å²) < 4.78 is 41.7. The molecule has 6 nitrogen and oxygen atoms in total. The lowest BCUT2D eigenvalue weighted by Gasteiger charge is -2.21. The van der Waals surface area contributed by atoms with Gasteiger partial charge in [-0.15, -0.1) is 23.1 Å². The van der Waals surface area contributed by atoms with Gasteiger partial charge in [0.15, 0.2) is 0 Å². The van der Waals surface area contributed by atoms with Gasteiger partial charge in [-0.1, -0.05) is 13.0 Å². The fourth-order valence-electron chi connectivity index (χ4n) is 4.27. The van der Waals surface area contributed by atoms with Crippen LogP contribution < -0.4 is 10.6 Å². The van der Waals surface area contributed by atoms with Crippen molar-refractivity contribution in [2.75, 3.05) is 31.2 Å². The number of halogens is 3. The first-order valence-corrected chi connectivity index (χ1v) is 13.1. The first kappa shape index (κ1) is 24.1. The first-order chi connectivity index (χ1) is 16.7. The van der Waals surface area contributed by atoms with E-state index >= 15 is 0 Å². The molecule has 0 atom stereocenters. The van der Waals surface area contributed by atoms with Crippen LogP contribution in [-0.2, 0) is 25.6 Å². The van der Waals surface area contributed by atoms with Crippen LogP contribution in [0.3, 0.4) is 0 Å². The minimum Gasteiger partial charge on any atom is -0.340 e. The minimum atomic E-state index is -4.63. The normalized spacial score (nSPS) is 16.0. The SMILES string of the molecule is CCc1cc2c(cc1Nc1ncc(C(F)(F)F)c(-c3cc4c(s3)C(=O)N(C)CCS4)n1)CCNC2. The number of nitrogens with zero attached hydrogens (tertiary/aromatic N) is 3. The predicted molar refractivity (Wildman–Crippen MR) is 133 cm³/mol. The molecule has 0 aliphatic carbocycles.